The van der Waals surface area contributed by atoms with E-state index in [9.17, 15) is 4.79 Å². The number of benzene rings is 1. The van der Waals surface area contributed by atoms with E-state index in [4.69, 9.17) is 4.74 Å². The lowest BCUT2D eigenvalue weighted by molar-refractivity contribution is -0.131. The fraction of sp³-hybridized carbons (Fsp3) is 0.562. The molecule has 1 amide bonds. The number of nitrogens with zero attached hydrogens (tertiary/aromatic N) is 1. The normalized spacial score (nSPS) is 23.6. The molecule has 0 radical (unpaired) electrons. The molecule has 1 aliphatic heterocycles. The van der Waals surface area contributed by atoms with Gasteiger partial charge in [-0.3, -0.25) is 10.1 Å². The van der Waals surface area contributed by atoms with Crippen molar-refractivity contribution < 1.29 is 9.53 Å². The van der Waals surface area contributed by atoms with Crippen LogP contribution in [0, 0.1) is 6.92 Å². The summed E-state index contributed by atoms with van der Waals surface area (Å²) in [5.74, 6) is 0.263. The van der Waals surface area contributed by atoms with Crippen molar-refractivity contribution in [1.29, 1.82) is 0 Å². The van der Waals surface area contributed by atoms with Crippen LogP contribution >= 0.6 is 0 Å². The topological polar surface area (TPSA) is 41.6 Å². The molecule has 1 N–H and O–H groups in total. The van der Waals surface area contributed by atoms with Gasteiger partial charge in [0.05, 0.1) is 0 Å². The van der Waals surface area contributed by atoms with Gasteiger partial charge in [0, 0.05) is 20.3 Å². The van der Waals surface area contributed by atoms with Crippen molar-refractivity contribution >= 4 is 5.91 Å². The Bertz CT molecular complexity index is 494. The van der Waals surface area contributed by atoms with Gasteiger partial charge < -0.3 is 9.64 Å². The minimum atomic E-state index is -0.261. The van der Waals surface area contributed by atoms with Crippen LogP contribution in [0.1, 0.15) is 36.6 Å². The van der Waals surface area contributed by atoms with Crippen molar-refractivity contribution in [2.75, 3.05) is 20.3 Å². The highest BCUT2D eigenvalue weighted by molar-refractivity contribution is 5.92. The number of carbonyl (C=O) groups excluding carboxylic acids is 1. The van der Waals surface area contributed by atoms with Gasteiger partial charge in [0.2, 0.25) is 5.91 Å². The van der Waals surface area contributed by atoms with Crippen LogP contribution in [0.3, 0.4) is 0 Å². The number of hydrogen-bond donors (Lipinski definition) is 1. The molecule has 1 aliphatic carbocycles. The van der Waals surface area contributed by atoms with Gasteiger partial charge in [0.15, 0.2) is 0 Å². The molecule has 1 aromatic carbocycles. The van der Waals surface area contributed by atoms with E-state index >= 15 is 0 Å². The first kappa shape index (κ1) is 13.6. The number of amides is 1. The zero-order valence-electron chi connectivity index (χ0n) is 12.2. The molecule has 4 heteroatoms. The van der Waals surface area contributed by atoms with E-state index in [1.807, 2.05) is 4.90 Å². The summed E-state index contributed by atoms with van der Waals surface area (Å²) in [5, 5.41) is 3.54. The number of aryl methyl sites for hydroxylation is 1. The van der Waals surface area contributed by atoms with Crippen LogP contribution in [0.5, 0.6) is 0 Å². The van der Waals surface area contributed by atoms with Gasteiger partial charge in [-0.1, -0.05) is 29.8 Å². The van der Waals surface area contributed by atoms with E-state index in [0.717, 1.165) is 25.8 Å². The van der Waals surface area contributed by atoms with Gasteiger partial charge in [-0.15, -0.1) is 0 Å². The predicted molar refractivity (Wildman–Crippen MR) is 77.2 cm³/mol. The monoisotopic (exact) mass is 274 g/mol. The number of methoxy groups -OCH3 is 1. The van der Waals surface area contributed by atoms with Crippen molar-refractivity contribution in [2.24, 2.45) is 0 Å². The highest BCUT2D eigenvalue weighted by atomic mass is 16.5. The first-order valence-electron chi connectivity index (χ1n) is 7.30. The second-order valence-electron chi connectivity index (χ2n) is 5.88. The third-order valence-electron chi connectivity index (χ3n) is 4.29. The molecule has 2 aliphatic rings. The van der Waals surface area contributed by atoms with Gasteiger partial charge >= 0.3 is 0 Å². The summed E-state index contributed by atoms with van der Waals surface area (Å²) in [5.41, 5.74) is 2.15. The van der Waals surface area contributed by atoms with Gasteiger partial charge in [0.1, 0.15) is 11.7 Å². The molecule has 1 atom stereocenters. The van der Waals surface area contributed by atoms with Gasteiger partial charge in [-0.05, 0) is 31.7 Å². The molecule has 0 bridgehead atoms. The summed E-state index contributed by atoms with van der Waals surface area (Å²) >= 11 is 0. The molecule has 4 nitrogen and oxygen atoms in total. The number of ether oxygens (including phenoxy) is 1. The molecule has 1 saturated carbocycles. The van der Waals surface area contributed by atoms with E-state index in [1.54, 1.807) is 7.11 Å². The van der Waals surface area contributed by atoms with E-state index < -0.39 is 0 Å². The minimum absolute atomic E-state index is 0.0162. The van der Waals surface area contributed by atoms with Crippen molar-refractivity contribution in [3.8, 4) is 0 Å². The fourth-order valence-electron chi connectivity index (χ4n) is 2.90. The van der Waals surface area contributed by atoms with Crippen LogP contribution in [-0.4, -0.2) is 36.6 Å². The average molecular weight is 274 g/mol. The first-order valence-corrected chi connectivity index (χ1v) is 7.30. The van der Waals surface area contributed by atoms with Crippen molar-refractivity contribution in [2.45, 2.75) is 37.9 Å². The Hall–Kier alpha value is -1.39. The smallest absolute Gasteiger partial charge is 0.244 e. The van der Waals surface area contributed by atoms with Gasteiger partial charge in [0.25, 0.3) is 0 Å². The third-order valence-corrected chi connectivity index (χ3v) is 4.29. The summed E-state index contributed by atoms with van der Waals surface area (Å²) in [6, 6.07) is 8.44. The average Bonchev–Trinajstić information content (AvgIpc) is 3.18. The van der Waals surface area contributed by atoms with Gasteiger partial charge in [-0.2, -0.15) is 0 Å². The Morgan fingerprint density at radius 1 is 1.35 bits per heavy atom. The number of rotatable bonds is 5. The lowest BCUT2D eigenvalue weighted by atomic mass is 10.1. The molecule has 3 rings (SSSR count). The maximum atomic E-state index is 12.6. The lowest BCUT2D eigenvalue weighted by Gasteiger charge is -2.24. The van der Waals surface area contributed by atoms with Crippen molar-refractivity contribution in [1.82, 2.24) is 10.2 Å². The Morgan fingerprint density at radius 2 is 2.05 bits per heavy atom. The third kappa shape index (κ3) is 2.34. The van der Waals surface area contributed by atoms with Crippen LogP contribution in [-0.2, 0) is 9.53 Å². The second kappa shape index (κ2) is 5.19. The van der Waals surface area contributed by atoms with E-state index in [-0.39, 0.29) is 17.6 Å². The lowest BCUT2D eigenvalue weighted by Crippen LogP contribution is -2.33. The van der Waals surface area contributed by atoms with E-state index in [2.05, 4.69) is 36.5 Å². The maximum Gasteiger partial charge on any atom is 0.244 e. The van der Waals surface area contributed by atoms with Crippen LogP contribution in [0.2, 0.25) is 0 Å². The van der Waals surface area contributed by atoms with Crippen molar-refractivity contribution in [3.63, 3.8) is 0 Å². The SMILES string of the molecule is COCCCN1C(=O)C2(CC2)NC1c1ccc(C)cc1. The Kier molecular flexibility index (Phi) is 3.52. The predicted octanol–water partition coefficient (Wildman–Crippen LogP) is 1.99. The zero-order chi connectivity index (χ0) is 14.2. The van der Waals surface area contributed by atoms with Crippen LogP contribution < -0.4 is 5.32 Å². The second-order valence-corrected chi connectivity index (χ2v) is 5.88. The number of carbonyl (C=O) groups is 1. The van der Waals surface area contributed by atoms with E-state index in [0.29, 0.717) is 6.61 Å². The summed E-state index contributed by atoms with van der Waals surface area (Å²) < 4.78 is 5.10. The van der Waals surface area contributed by atoms with Gasteiger partial charge in [-0.25, -0.2) is 0 Å². The fourth-order valence-corrected chi connectivity index (χ4v) is 2.90. The Morgan fingerprint density at radius 3 is 2.65 bits per heavy atom. The van der Waals surface area contributed by atoms with Crippen molar-refractivity contribution in [3.05, 3.63) is 35.4 Å². The maximum absolute atomic E-state index is 12.6. The molecule has 0 aromatic heterocycles. The standard InChI is InChI=1S/C16H22N2O2/c1-12-4-6-13(7-5-12)14-17-16(8-9-16)15(19)18(14)10-3-11-20-2/h4-7,14,17H,3,8-11H2,1-2H3. The molecule has 2 fully saturated rings. The molecule has 1 aromatic rings. The largest absolute Gasteiger partial charge is 0.385 e. The summed E-state index contributed by atoms with van der Waals surface area (Å²) in [6.07, 6.45) is 2.83. The summed E-state index contributed by atoms with van der Waals surface area (Å²) in [6.45, 7) is 3.52. The molecule has 1 heterocycles. The molecule has 1 spiro atoms. The minimum Gasteiger partial charge on any atom is -0.385 e. The quantitative estimate of drug-likeness (QED) is 0.835. The highest BCUT2D eigenvalue weighted by Crippen LogP contribution is 2.45. The highest BCUT2D eigenvalue weighted by Gasteiger charge is 2.59. The number of hydrogen-bond acceptors (Lipinski definition) is 3. The summed E-state index contributed by atoms with van der Waals surface area (Å²) in [4.78, 5) is 14.5. The van der Waals surface area contributed by atoms with Crippen LogP contribution in [0.25, 0.3) is 0 Å². The zero-order valence-corrected chi connectivity index (χ0v) is 12.2. The van der Waals surface area contributed by atoms with Crippen LogP contribution in [0.4, 0.5) is 0 Å². The molecular weight excluding hydrogens is 252 g/mol. The molecule has 108 valence electrons. The molecular formula is C16H22N2O2. The molecule has 1 saturated heterocycles. The molecule has 1 unspecified atom stereocenters. The Labute approximate surface area is 120 Å². The molecule has 20 heavy (non-hydrogen) atoms. The number of nitrogens with one attached hydrogen (secondary N) is 1. The first-order chi connectivity index (χ1) is 9.66. The van der Waals surface area contributed by atoms with E-state index in [1.165, 1.54) is 11.1 Å². The summed E-state index contributed by atoms with van der Waals surface area (Å²) in [7, 11) is 1.70. The van der Waals surface area contributed by atoms with Crippen LogP contribution in [0.15, 0.2) is 24.3 Å². The Balaban J connectivity index is 1.79.